The molecule has 0 heteroatoms. The molecule has 0 saturated carbocycles. The van der Waals surface area contributed by atoms with Crippen molar-refractivity contribution in [2.45, 2.75) is 19.3 Å². The number of hydrogen-bond acceptors (Lipinski definition) is 0. The standard InChI is InChI=1S/C55H38/c1-55(2)51-31-29-42(34-50(51)49-30-28-37-13-5-6-17-44(37)54(49)55)36-22-25-38(26-23-36)52-45-18-7-9-20-47(45)53(48-21-10-8-19-46(48)52)43-16-11-15-40(33-43)41-27-24-35-12-3-4-14-39(35)32-41/h3-34H,1-2H3. The predicted molar refractivity (Wildman–Crippen MR) is 236 cm³/mol. The van der Waals surface area contributed by atoms with E-state index >= 15 is 0 Å². The molecule has 0 fully saturated rings. The van der Waals surface area contributed by atoms with Crippen LogP contribution in [0.15, 0.2) is 194 Å². The molecular formula is C55H38. The van der Waals surface area contributed by atoms with Crippen molar-refractivity contribution in [3.05, 3.63) is 205 Å². The van der Waals surface area contributed by atoms with Crippen molar-refractivity contribution in [2.75, 3.05) is 0 Å². The fourth-order valence-electron chi connectivity index (χ4n) is 9.60. The third-order valence-corrected chi connectivity index (χ3v) is 12.2. The van der Waals surface area contributed by atoms with E-state index in [1.807, 2.05) is 0 Å². The summed E-state index contributed by atoms with van der Waals surface area (Å²) in [5.74, 6) is 0. The molecule has 0 atom stereocenters. The van der Waals surface area contributed by atoms with Crippen LogP contribution in [-0.2, 0) is 5.41 Å². The van der Waals surface area contributed by atoms with E-state index in [1.165, 1.54) is 110 Å². The topological polar surface area (TPSA) is 0 Å². The molecule has 0 radical (unpaired) electrons. The highest BCUT2D eigenvalue weighted by molar-refractivity contribution is 6.21. The van der Waals surface area contributed by atoms with Crippen molar-refractivity contribution in [3.8, 4) is 55.6 Å². The minimum Gasteiger partial charge on any atom is -0.0616 e. The summed E-state index contributed by atoms with van der Waals surface area (Å²) < 4.78 is 0. The Labute approximate surface area is 322 Å². The highest BCUT2D eigenvalue weighted by Crippen LogP contribution is 2.52. The summed E-state index contributed by atoms with van der Waals surface area (Å²) in [6.45, 7) is 4.75. The van der Waals surface area contributed by atoms with Crippen LogP contribution in [0.25, 0.3) is 98.7 Å². The molecule has 1 aliphatic rings. The lowest BCUT2D eigenvalue weighted by molar-refractivity contribution is 0.666. The van der Waals surface area contributed by atoms with E-state index in [2.05, 4.69) is 208 Å². The van der Waals surface area contributed by atoms with Crippen molar-refractivity contribution in [1.82, 2.24) is 0 Å². The summed E-state index contributed by atoms with van der Waals surface area (Å²) >= 11 is 0. The fraction of sp³-hybridized carbons (Fsp3) is 0.0545. The van der Waals surface area contributed by atoms with Gasteiger partial charge in [0, 0.05) is 5.41 Å². The zero-order chi connectivity index (χ0) is 36.7. The van der Waals surface area contributed by atoms with E-state index in [9.17, 15) is 0 Å². The van der Waals surface area contributed by atoms with Crippen LogP contribution in [0.1, 0.15) is 25.0 Å². The predicted octanol–water partition coefficient (Wildman–Crippen LogP) is 15.3. The average Bonchev–Trinajstić information content (AvgIpc) is 3.48. The second kappa shape index (κ2) is 12.1. The third kappa shape index (κ3) is 4.92. The van der Waals surface area contributed by atoms with Crippen LogP contribution in [-0.4, -0.2) is 0 Å². The Bertz CT molecular complexity index is 3100. The lowest BCUT2D eigenvalue weighted by atomic mass is 9.80. The van der Waals surface area contributed by atoms with Gasteiger partial charge in [-0.05, 0) is 128 Å². The zero-order valence-corrected chi connectivity index (χ0v) is 31.0. The molecule has 0 nitrogen and oxygen atoms in total. The molecular weight excluding hydrogens is 661 g/mol. The summed E-state index contributed by atoms with van der Waals surface area (Å²) in [6, 6.07) is 72.1. The van der Waals surface area contributed by atoms with Gasteiger partial charge in [0.2, 0.25) is 0 Å². The quantitative estimate of drug-likeness (QED) is 0.161. The first-order valence-corrected chi connectivity index (χ1v) is 19.3. The maximum absolute atomic E-state index is 2.42. The Morgan fingerprint density at radius 2 is 0.782 bits per heavy atom. The Kier molecular flexibility index (Phi) is 7.00. The minimum atomic E-state index is -0.0556. The smallest absolute Gasteiger partial charge is 0.0165 e. The Hall–Kier alpha value is -6.76. The third-order valence-electron chi connectivity index (χ3n) is 12.2. The van der Waals surface area contributed by atoms with Gasteiger partial charge in [-0.15, -0.1) is 0 Å². The van der Waals surface area contributed by atoms with Gasteiger partial charge < -0.3 is 0 Å². The molecule has 0 bridgehead atoms. The van der Waals surface area contributed by atoms with E-state index in [0.717, 1.165) is 0 Å². The van der Waals surface area contributed by atoms with Crippen LogP contribution in [0.5, 0.6) is 0 Å². The van der Waals surface area contributed by atoms with Gasteiger partial charge in [-0.25, -0.2) is 0 Å². The molecule has 0 heterocycles. The summed E-state index contributed by atoms with van der Waals surface area (Å²) in [4.78, 5) is 0. The molecule has 11 rings (SSSR count). The first kappa shape index (κ1) is 31.7. The van der Waals surface area contributed by atoms with Gasteiger partial charge in [0.1, 0.15) is 0 Å². The molecule has 0 spiro atoms. The van der Waals surface area contributed by atoms with Gasteiger partial charge in [0.05, 0.1) is 0 Å². The molecule has 0 aliphatic heterocycles. The molecule has 10 aromatic rings. The highest BCUT2D eigenvalue weighted by Gasteiger charge is 2.37. The Morgan fingerprint density at radius 3 is 1.49 bits per heavy atom. The van der Waals surface area contributed by atoms with Gasteiger partial charge in [-0.1, -0.05) is 190 Å². The largest absolute Gasteiger partial charge is 0.0616 e. The van der Waals surface area contributed by atoms with E-state index in [-0.39, 0.29) is 5.41 Å². The molecule has 0 saturated heterocycles. The van der Waals surface area contributed by atoms with Crippen LogP contribution in [0.4, 0.5) is 0 Å². The van der Waals surface area contributed by atoms with Crippen molar-refractivity contribution in [1.29, 1.82) is 0 Å². The number of hydrogen-bond donors (Lipinski definition) is 0. The monoisotopic (exact) mass is 698 g/mol. The van der Waals surface area contributed by atoms with Crippen LogP contribution >= 0.6 is 0 Å². The van der Waals surface area contributed by atoms with Crippen LogP contribution in [0, 0.1) is 0 Å². The maximum Gasteiger partial charge on any atom is 0.0165 e. The van der Waals surface area contributed by atoms with Crippen molar-refractivity contribution >= 4 is 43.1 Å². The lowest BCUT2D eigenvalue weighted by Crippen LogP contribution is -2.15. The van der Waals surface area contributed by atoms with Gasteiger partial charge in [-0.3, -0.25) is 0 Å². The zero-order valence-electron chi connectivity index (χ0n) is 31.0. The van der Waals surface area contributed by atoms with Crippen molar-refractivity contribution < 1.29 is 0 Å². The summed E-state index contributed by atoms with van der Waals surface area (Å²) in [6.07, 6.45) is 0. The average molecular weight is 699 g/mol. The normalized spacial score (nSPS) is 13.1. The van der Waals surface area contributed by atoms with Crippen LogP contribution < -0.4 is 0 Å². The molecule has 0 N–H and O–H groups in total. The van der Waals surface area contributed by atoms with Gasteiger partial charge in [0.25, 0.3) is 0 Å². The first-order valence-electron chi connectivity index (χ1n) is 19.3. The molecule has 258 valence electrons. The summed E-state index contributed by atoms with van der Waals surface area (Å²) in [5.41, 5.74) is 15.5. The molecule has 10 aromatic carbocycles. The van der Waals surface area contributed by atoms with E-state index in [1.54, 1.807) is 0 Å². The van der Waals surface area contributed by atoms with Crippen LogP contribution in [0.2, 0.25) is 0 Å². The van der Waals surface area contributed by atoms with E-state index in [4.69, 9.17) is 0 Å². The molecule has 1 aliphatic carbocycles. The van der Waals surface area contributed by atoms with Crippen molar-refractivity contribution in [3.63, 3.8) is 0 Å². The lowest BCUT2D eigenvalue weighted by Gasteiger charge is -2.23. The Morgan fingerprint density at radius 1 is 0.291 bits per heavy atom. The fourth-order valence-corrected chi connectivity index (χ4v) is 9.60. The van der Waals surface area contributed by atoms with Crippen LogP contribution in [0.3, 0.4) is 0 Å². The van der Waals surface area contributed by atoms with E-state index in [0.29, 0.717) is 0 Å². The maximum atomic E-state index is 2.42. The minimum absolute atomic E-state index is 0.0556. The summed E-state index contributed by atoms with van der Waals surface area (Å²) in [5, 5.41) is 10.3. The Balaban J connectivity index is 1.02. The van der Waals surface area contributed by atoms with E-state index < -0.39 is 0 Å². The highest BCUT2D eigenvalue weighted by atomic mass is 14.4. The second-order valence-electron chi connectivity index (χ2n) is 15.7. The number of rotatable bonds is 4. The molecule has 0 aromatic heterocycles. The summed E-state index contributed by atoms with van der Waals surface area (Å²) in [7, 11) is 0. The molecule has 55 heavy (non-hydrogen) atoms. The SMILES string of the molecule is CC1(C)c2ccc(-c3ccc(-c4c5ccccc5c(-c5cccc(-c6ccc7ccccc7c6)c5)c5ccccc45)cc3)cc2-c2ccc3ccccc3c21. The van der Waals surface area contributed by atoms with Crippen molar-refractivity contribution in [2.24, 2.45) is 0 Å². The number of benzene rings is 10. The number of fused-ring (bicyclic) bond motifs is 8. The van der Waals surface area contributed by atoms with Gasteiger partial charge in [-0.2, -0.15) is 0 Å². The molecule has 0 unspecified atom stereocenters. The van der Waals surface area contributed by atoms with Gasteiger partial charge in [0.15, 0.2) is 0 Å². The van der Waals surface area contributed by atoms with Gasteiger partial charge >= 0.3 is 0 Å². The molecule has 0 amide bonds. The second-order valence-corrected chi connectivity index (χ2v) is 15.7. The first-order chi connectivity index (χ1) is 27.0.